The first-order chi connectivity index (χ1) is 18.8. The van der Waals surface area contributed by atoms with Crippen LogP contribution in [-0.2, 0) is 4.79 Å². The third-order valence-electron chi connectivity index (χ3n) is 6.27. The van der Waals surface area contributed by atoms with E-state index in [-0.39, 0.29) is 27.9 Å². The van der Waals surface area contributed by atoms with E-state index in [2.05, 4.69) is 35.5 Å². The number of nitrogens with zero attached hydrogens (tertiary/aromatic N) is 5. The van der Waals surface area contributed by atoms with E-state index in [9.17, 15) is 4.79 Å². The molecule has 9 nitrogen and oxygen atoms in total. The SMILES string of the molecule is CC(C)(C)CC(=O)Nc1cncc(-c2cnc3n[nH]c(-c4nc5c(-c6cccnc6)cccc5[nH]4)c3c2F)c1. The number of carbonyl (C=O) groups excluding carboxylic acids is 1. The number of H-pyrrole nitrogens is 2. The molecule has 6 rings (SSSR count). The van der Waals surface area contributed by atoms with Crippen LogP contribution in [0.5, 0.6) is 0 Å². The standard InChI is InChI=1S/C29H25FN8O/c1-29(2,3)11-22(39)34-18-10-17(13-32-14-18)20-15-33-27-23(24(20)30)26(37-38-27)28-35-21-8-4-7-19(25(21)36-28)16-6-5-9-31-12-16/h4-10,12-15H,11H2,1-3H3,(H,34,39)(H,35,36)(H,33,37,38). The smallest absolute Gasteiger partial charge is 0.224 e. The van der Waals surface area contributed by atoms with E-state index < -0.39 is 5.82 Å². The molecule has 0 aliphatic rings. The van der Waals surface area contributed by atoms with Crippen LogP contribution in [0.15, 0.2) is 67.4 Å². The van der Waals surface area contributed by atoms with E-state index in [1.165, 1.54) is 18.6 Å². The first-order valence-electron chi connectivity index (χ1n) is 12.4. The van der Waals surface area contributed by atoms with Crippen molar-refractivity contribution in [3.8, 4) is 33.8 Å². The highest BCUT2D eigenvalue weighted by Crippen LogP contribution is 2.35. The van der Waals surface area contributed by atoms with Crippen LogP contribution in [0.2, 0.25) is 0 Å². The number of rotatable bonds is 5. The molecule has 0 unspecified atom stereocenters. The Kier molecular flexibility index (Phi) is 5.86. The maximum absolute atomic E-state index is 16.1. The van der Waals surface area contributed by atoms with E-state index in [4.69, 9.17) is 4.98 Å². The van der Waals surface area contributed by atoms with Gasteiger partial charge < -0.3 is 10.3 Å². The Morgan fingerprint density at radius 1 is 1.00 bits per heavy atom. The fraction of sp³-hybridized carbons (Fsp3) is 0.172. The van der Waals surface area contributed by atoms with Crippen molar-refractivity contribution in [1.29, 1.82) is 0 Å². The monoisotopic (exact) mass is 520 g/mol. The van der Waals surface area contributed by atoms with Crippen LogP contribution in [0.4, 0.5) is 10.1 Å². The Morgan fingerprint density at radius 3 is 2.64 bits per heavy atom. The summed E-state index contributed by atoms with van der Waals surface area (Å²) in [6.07, 6.45) is 8.32. The second kappa shape index (κ2) is 9.39. The van der Waals surface area contributed by atoms with Crippen molar-refractivity contribution in [2.24, 2.45) is 5.41 Å². The van der Waals surface area contributed by atoms with Crippen LogP contribution >= 0.6 is 0 Å². The minimum atomic E-state index is -0.517. The molecular formula is C29H25FN8O. The first-order valence-corrected chi connectivity index (χ1v) is 12.4. The molecule has 5 heterocycles. The van der Waals surface area contributed by atoms with Crippen LogP contribution in [0.25, 0.3) is 55.8 Å². The molecule has 0 radical (unpaired) electrons. The van der Waals surface area contributed by atoms with E-state index in [1.54, 1.807) is 18.5 Å². The molecule has 3 N–H and O–H groups in total. The van der Waals surface area contributed by atoms with Crippen molar-refractivity contribution >= 4 is 33.7 Å². The summed E-state index contributed by atoms with van der Waals surface area (Å²) in [5.74, 6) is -0.220. The number of benzene rings is 1. The van der Waals surface area contributed by atoms with Crippen LogP contribution in [0.1, 0.15) is 27.2 Å². The molecular weight excluding hydrogens is 495 g/mol. The lowest BCUT2D eigenvalue weighted by Gasteiger charge is -2.17. The second-order valence-electron chi connectivity index (χ2n) is 10.6. The molecule has 194 valence electrons. The van der Waals surface area contributed by atoms with E-state index >= 15 is 4.39 Å². The molecule has 0 fully saturated rings. The normalized spacial score (nSPS) is 11.8. The molecule has 6 aromatic rings. The molecule has 39 heavy (non-hydrogen) atoms. The number of nitrogens with one attached hydrogen (secondary N) is 3. The van der Waals surface area contributed by atoms with Gasteiger partial charge in [0, 0.05) is 53.5 Å². The number of imidazole rings is 1. The zero-order valence-corrected chi connectivity index (χ0v) is 21.6. The number of fused-ring (bicyclic) bond motifs is 2. The van der Waals surface area contributed by atoms with Crippen LogP contribution in [-0.4, -0.2) is 41.0 Å². The number of aromatic nitrogens is 7. The van der Waals surface area contributed by atoms with Gasteiger partial charge >= 0.3 is 0 Å². The van der Waals surface area contributed by atoms with Crippen molar-refractivity contribution < 1.29 is 9.18 Å². The number of aromatic amines is 2. The molecule has 0 saturated heterocycles. The van der Waals surface area contributed by atoms with Gasteiger partial charge in [-0.25, -0.2) is 14.4 Å². The van der Waals surface area contributed by atoms with Crippen molar-refractivity contribution in [2.45, 2.75) is 27.2 Å². The fourth-order valence-corrected chi connectivity index (χ4v) is 4.57. The average Bonchev–Trinajstić information content (AvgIpc) is 3.53. The summed E-state index contributed by atoms with van der Waals surface area (Å²) >= 11 is 0. The Bertz CT molecular complexity index is 1840. The number of hydrogen-bond donors (Lipinski definition) is 3. The average molecular weight is 521 g/mol. The van der Waals surface area contributed by atoms with Gasteiger partial charge in [-0.1, -0.05) is 39.0 Å². The molecule has 1 aromatic carbocycles. The Hall–Kier alpha value is -4.99. The Labute approximate surface area is 223 Å². The van der Waals surface area contributed by atoms with Crippen molar-refractivity contribution in [3.63, 3.8) is 0 Å². The summed E-state index contributed by atoms with van der Waals surface area (Å²) in [6.45, 7) is 5.96. The summed E-state index contributed by atoms with van der Waals surface area (Å²) < 4.78 is 16.1. The van der Waals surface area contributed by atoms with Gasteiger partial charge in [-0.15, -0.1) is 0 Å². The van der Waals surface area contributed by atoms with Gasteiger partial charge in [0.2, 0.25) is 5.91 Å². The minimum Gasteiger partial charge on any atom is -0.337 e. The zero-order chi connectivity index (χ0) is 27.1. The second-order valence-corrected chi connectivity index (χ2v) is 10.6. The highest BCUT2D eigenvalue weighted by Gasteiger charge is 2.21. The van der Waals surface area contributed by atoms with Crippen molar-refractivity contribution in [3.05, 3.63) is 73.2 Å². The highest BCUT2D eigenvalue weighted by atomic mass is 19.1. The van der Waals surface area contributed by atoms with Gasteiger partial charge in [0.1, 0.15) is 11.5 Å². The summed E-state index contributed by atoms with van der Waals surface area (Å²) in [5.41, 5.74) is 4.99. The summed E-state index contributed by atoms with van der Waals surface area (Å²) in [6, 6.07) is 11.3. The largest absolute Gasteiger partial charge is 0.337 e. The molecule has 10 heteroatoms. The lowest BCUT2D eigenvalue weighted by atomic mass is 9.92. The number of carbonyl (C=O) groups is 1. The number of halogens is 1. The number of para-hydroxylation sites is 1. The molecule has 0 aliphatic carbocycles. The number of pyridine rings is 3. The highest BCUT2D eigenvalue weighted by molar-refractivity contribution is 5.98. The zero-order valence-electron chi connectivity index (χ0n) is 21.6. The van der Waals surface area contributed by atoms with Crippen molar-refractivity contribution in [2.75, 3.05) is 5.32 Å². The maximum Gasteiger partial charge on any atom is 0.224 e. The fourth-order valence-electron chi connectivity index (χ4n) is 4.57. The molecule has 0 bridgehead atoms. The van der Waals surface area contributed by atoms with E-state index in [0.717, 1.165) is 22.2 Å². The quantitative estimate of drug-likeness (QED) is 0.251. The van der Waals surface area contributed by atoms with Gasteiger partial charge in [0.05, 0.1) is 28.3 Å². The van der Waals surface area contributed by atoms with E-state index in [0.29, 0.717) is 29.2 Å². The number of amides is 1. The van der Waals surface area contributed by atoms with Crippen molar-refractivity contribution in [1.82, 2.24) is 35.1 Å². The van der Waals surface area contributed by atoms with Gasteiger partial charge in [0.25, 0.3) is 0 Å². The topological polar surface area (TPSA) is 125 Å². The maximum atomic E-state index is 16.1. The van der Waals surface area contributed by atoms with E-state index in [1.807, 2.05) is 51.1 Å². The molecule has 5 aromatic heterocycles. The number of anilines is 1. The summed E-state index contributed by atoms with van der Waals surface area (Å²) in [5, 5.41) is 10.2. The van der Waals surface area contributed by atoms with Crippen LogP contribution in [0, 0.1) is 11.2 Å². The molecule has 0 spiro atoms. The predicted molar refractivity (Wildman–Crippen MR) is 148 cm³/mol. The molecule has 0 atom stereocenters. The molecule has 0 aliphatic heterocycles. The first kappa shape index (κ1) is 24.4. The predicted octanol–water partition coefficient (Wildman–Crippen LogP) is 6.14. The molecule has 0 saturated carbocycles. The van der Waals surface area contributed by atoms with Gasteiger partial charge in [0.15, 0.2) is 11.5 Å². The summed E-state index contributed by atoms with van der Waals surface area (Å²) in [4.78, 5) is 33.3. The Morgan fingerprint density at radius 2 is 1.85 bits per heavy atom. The number of hydrogen-bond acceptors (Lipinski definition) is 6. The van der Waals surface area contributed by atoms with Crippen LogP contribution in [0.3, 0.4) is 0 Å². The lowest BCUT2D eigenvalue weighted by molar-refractivity contribution is -0.117. The van der Waals surface area contributed by atoms with Gasteiger partial charge in [-0.3, -0.25) is 19.9 Å². The van der Waals surface area contributed by atoms with Gasteiger partial charge in [-0.2, -0.15) is 5.10 Å². The Balaban J connectivity index is 1.40. The third-order valence-corrected chi connectivity index (χ3v) is 6.27. The summed E-state index contributed by atoms with van der Waals surface area (Å²) in [7, 11) is 0. The minimum absolute atomic E-state index is 0.136. The molecule has 1 amide bonds. The lowest BCUT2D eigenvalue weighted by Crippen LogP contribution is -2.19. The van der Waals surface area contributed by atoms with Crippen LogP contribution < -0.4 is 5.32 Å². The third kappa shape index (κ3) is 4.72. The van der Waals surface area contributed by atoms with Gasteiger partial charge in [-0.05, 0) is 23.6 Å².